The van der Waals surface area contributed by atoms with Gasteiger partial charge in [0.2, 0.25) is 5.95 Å². The Labute approximate surface area is 209 Å². The van der Waals surface area contributed by atoms with Gasteiger partial charge in [-0.1, -0.05) is 26.0 Å². The second-order valence-electron chi connectivity index (χ2n) is 9.11. The van der Waals surface area contributed by atoms with Crippen molar-refractivity contribution >= 4 is 41.6 Å². The van der Waals surface area contributed by atoms with Crippen LogP contribution in [0.25, 0.3) is 0 Å². The molecule has 34 heavy (non-hydrogen) atoms. The molecule has 1 saturated heterocycles. The van der Waals surface area contributed by atoms with Gasteiger partial charge in [-0.25, -0.2) is 4.98 Å². The molecule has 1 aliphatic rings. The molecule has 2 heterocycles. The van der Waals surface area contributed by atoms with E-state index in [9.17, 15) is 0 Å². The van der Waals surface area contributed by atoms with Crippen LogP contribution in [0.15, 0.2) is 54.7 Å². The van der Waals surface area contributed by atoms with Crippen molar-refractivity contribution in [3.05, 3.63) is 65.9 Å². The van der Waals surface area contributed by atoms with Gasteiger partial charge < -0.3 is 20.4 Å². The number of nitrogens with zero attached hydrogens (tertiary/aromatic N) is 4. The van der Waals surface area contributed by atoms with E-state index in [0.29, 0.717) is 11.9 Å². The highest BCUT2D eigenvalue weighted by Crippen LogP contribution is 2.24. The van der Waals surface area contributed by atoms with Gasteiger partial charge in [0.25, 0.3) is 0 Å². The Kier molecular flexibility index (Phi) is 9.56. The van der Waals surface area contributed by atoms with Crippen molar-refractivity contribution < 1.29 is 0 Å². The van der Waals surface area contributed by atoms with Crippen molar-refractivity contribution in [2.24, 2.45) is 11.1 Å². The van der Waals surface area contributed by atoms with E-state index in [4.69, 9.17) is 4.98 Å². The van der Waals surface area contributed by atoms with E-state index in [-0.39, 0.29) is 0 Å². The summed E-state index contributed by atoms with van der Waals surface area (Å²) < 4.78 is 0. The zero-order valence-electron chi connectivity index (χ0n) is 20.6. The number of likely N-dealkylation sites (N-methyl/N-ethyl adjacent to an activating group) is 1. The van der Waals surface area contributed by atoms with Crippen LogP contribution in [0, 0.1) is 12.8 Å². The summed E-state index contributed by atoms with van der Waals surface area (Å²) in [5.41, 5.74) is 5.63. The van der Waals surface area contributed by atoms with Crippen LogP contribution in [-0.2, 0) is 6.42 Å². The largest absolute Gasteiger partial charge is 0.369 e. The Hall–Kier alpha value is -2.81. The molecule has 0 radical (unpaired) electrons. The van der Waals surface area contributed by atoms with E-state index in [1.807, 2.05) is 13.1 Å². The highest BCUT2D eigenvalue weighted by molar-refractivity contribution is 7.77. The lowest BCUT2D eigenvalue weighted by atomic mass is 10.0. The maximum absolute atomic E-state index is 4.72. The van der Waals surface area contributed by atoms with E-state index in [1.54, 1.807) is 0 Å². The predicted molar refractivity (Wildman–Crippen MR) is 148 cm³/mol. The minimum absolute atomic E-state index is 0.587. The third-order valence-electron chi connectivity index (χ3n) is 5.80. The van der Waals surface area contributed by atoms with E-state index >= 15 is 0 Å². The van der Waals surface area contributed by atoms with E-state index in [1.165, 1.54) is 11.3 Å². The van der Waals surface area contributed by atoms with Gasteiger partial charge >= 0.3 is 0 Å². The van der Waals surface area contributed by atoms with Gasteiger partial charge in [-0.3, -0.25) is 5.14 Å². The SMILES string of the molecule is Cc1cnc(Nc2ccc(N3CCN(C)CC3)cc2)nc1Nc1cccc(CC(C)C)c1.NS. The molecular weight excluding hydrogens is 442 g/mol. The van der Waals surface area contributed by atoms with Crippen molar-refractivity contribution in [3.63, 3.8) is 0 Å². The van der Waals surface area contributed by atoms with Gasteiger partial charge in [0.05, 0.1) is 0 Å². The average Bonchev–Trinajstić information content (AvgIpc) is 2.83. The Morgan fingerprint density at radius 2 is 1.68 bits per heavy atom. The minimum Gasteiger partial charge on any atom is -0.369 e. The van der Waals surface area contributed by atoms with Crippen LogP contribution in [0.1, 0.15) is 25.0 Å². The van der Waals surface area contributed by atoms with E-state index in [2.05, 4.69) is 113 Å². The highest BCUT2D eigenvalue weighted by Gasteiger charge is 2.14. The van der Waals surface area contributed by atoms with Gasteiger partial charge in [-0.2, -0.15) is 4.98 Å². The number of hydrogen-bond donors (Lipinski definition) is 4. The molecule has 0 saturated carbocycles. The zero-order chi connectivity index (χ0) is 24.5. The fourth-order valence-electron chi connectivity index (χ4n) is 3.96. The van der Waals surface area contributed by atoms with E-state index in [0.717, 1.165) is 55.4 Å². The summed E-state index contributed by atoms with van der Waals surface area (Å²) in [6, 6.07) is 17.1. The first-order chi connectivity index (χ1) is 16.5. The van der Waals surface area contributed by atoms with Crippen LogP contribution in [0.4, 0.5) is 28.8 Å². The van der Waals surface area contributed by atoms with Crippen molar-refractivity contribution in [2.75, 3.05) is 48.8 Å². The molecule has 4 rings (SSSR count). The van der Waals surface area contributed by atoms with Crippen LogP contribution < -0.4 is 20.7 Å². The minimum atomic E-state index is 0.587. The predicted octanol–water partition coefficient (Wildman–Crippen LogP) is 5.01. The molecule has 0 amide bonds. The van der Waals surface area contributed by atoms with Crippen molar-refractivity contribution in [1.29, 1.82) is 0 Å². The van der Waals surface area contributed by atoms with E-state index < -0.39 is 0 Å². The summed E-state index contributed by atoms with van der Waals surface area (Å²) in [4.78, 5) is 14.0. The molecule has 3 aromatic rings. The number of nitrogens with one attached hydrogen (secondary N) is 2. The van der Waals surface area contributed by atoms with Gasteiger partial charge in [0.1, 0.15) is 5.82 Å². The van der Waals surface area contributed by atoms with Crippen LogP contribution in [0.5, 0.6) is 0 Å². The number of aromatic nitrogens is 2. The quantitative estimate of drug-likeness (QED) is 0.355. The monoisotopic (exact) mass is 479 g/mol. The number of hydrogen-bond acceptors (Lipinski definition) is 8. The van der Waals surface area contributed by atoms with Gasteiger partial charge in [0, 0.05) is 55.0 Å². The normalized spacial score (nSPS) is 13.9. The molecule has 0 spiro atoms. The van der Waals surface area contributed by atoms with Crippen LogP contribution >= 0.6 is 12.8 Å². The van der Waals surface area contributed by atoms with Crippen LogP contribution in [0.3, 0.4) is 0 Å². The Balaban J connectivity index is 0.00000158. The van der Waals surface area contributed by atoms with Gasteiger partial charge in [0.15, 0.2) is 0 Å². The Morgan fingerprint density at radius 1 is 0.971 bits per heavy atom. The Bertz CT molecular complexity index is 1030. The third kappa shape index (κ3) is 7.35. The molecule has 182 valence electrons. The molecule has 1 aliphatic heterocycles. The second kappa shape index (κ2) is 12.6. The molecule has 0 bridgehead atoms. The smallest absolute Gasteiger partial charge is 0.229 e. The Morgan fingerprint density at radius 3 is 2.35 bits per heavy atom. The second-order valence-corrected chi connectivity index (χ2v) is 9.11. The summed E-state index contributed by atoms with van der Waals surface area (Å²) in [5, 5.41) is 11.0. The number of thiol groups is 1. The number of nitrogens with two attached hydrogens (primary N) is 1. The van der Waals surface area contributed by atoms with Crippen LogP contribution in [-0.4, -0.2) is 48.1 Å². The molecule has 0 unspecified atom stereocenters. The first-order valence-corrected chi connectivity index (χ1v) is 12.2. The topological polar surface area (TPSA) is 82.3 Å². The number of aryl methyl sites for hydroxylation is 1. The summed E-state index contributed by atoms with van der Waals surface area (Å²) in [7, 11) is 2.18. The lowest BCUT2D eigenvalue weighted by Crippen LogP contribution is -2.44. The molecule has 4 N–H and O–H groups in total. The number of anilines is 5. The molecule has 0 atom stereocenters. The molecular formula is C26H37N7S. The number of rotatable bonds is 7. The lowest BCUT2D eigenvalue weighted by molar-refractivity contribution is 0.313. The fraction of sp³-hybridized carbons (Fsp3) is 0.385. The summed E-state index contributed by atoms with van der Waals surface area (Å²) in [5.74, 6) is 2.03. The summed E-state index contributed by atoms with van der Waals surface area (Å²) in [6.07, 6.45) is 2.92. The fourth-order valence-corrected chi connectivity index (χ4v) is 3.96. The third-order valence-corrected chi connectivity index (χ3v) is 5.80. The summed E-state index contributed by atoms with van der Waals surface area (Å²) in [6.45, 7) is 10.8. The molecule has 8 heteroatoms. The van der Waals surface area contributed by atoms with Gasteiger partial charge in [-0.05, 0) is 68.3 Å². The van der Waals surface area contributed by atoms with Crippen molar-refractivity contribution in [2.45, 2.75) is 27.2 Å². The molecule has 7 nitrogen and oxygen atoms in total. The average molecular weight is 480 g/mol. The molecule has 1 aromatic heterocycles. The first kappa shape index (κ1) is 25.8. The molecule has 1 fully saturated rings. The van der Waals surface area contributed by atoms with Crippen molar-refractivity contribution in [1.82, 2.24) is 14.9 Å². The number of benzene rings is 2. The highest BCUT2D eigenvalue weighted by atomic mass is 32.1. The number of piperazine rings is 1. The molecule has 0 aliphatic carbocycles. The molecule has 2 aromatic carbocycles. The standard InChI is InChI=1S/C26H34N6.H3NS/c1-19(2)16-21-6-5-7-23(17-21)28-25-20(3)18-27-26(30-25)29-22-8-10-24(11-9-22)32-14-12-31(4)13-15-32;1-2/h5-11,17-19H,12-16H2,1-4H3,(H2,27,28,29,30);2H,1H2. The first-order valence-electron chi connectivity index (χ1n) is 11.7. The maximum Gasteiger partial charge on any atom is 0.229 e. The maximum atomic E-state index is 4.72. The van der Waals surface area contributed by atoms with Crippen LogP contribution in [0.2, 0.25) is 0 Å². The van der Waals surface area contributed by atoms with Gasteiger partial charge in [-0.15, -0.1) is 12.8 Å². The van der Waals surface area contributed by atoms with Crippen molar-refractivity contribution in [3.8, 4) is 0 Å². The lowest BCUT2D eigenvalue weighted by Gasteiger charge is -2.34. The summed E-state index contributed by atoms with van der Waals surface area (Å²) >= 11 is 3.03. The zero-order valence-corrected chi connectivity index (χ0v) is 21.5.